The summed E-state index contributed by atoms with van der Waals surface area (Å²) in [6.07, 6.45) is -6.20. The van der Waals surface area contributed by atoms with E-state index in [2.05, 4.69) is 4.72 Å². The van der Waals surface area contributed by atoms with Gasteiger partial charge in [0.05, 0.1) is 10.5 Å². The molecule has 37 heavy (non-hydrogen) atoms. The number of hydrogen-bond acceptors (Lipinski definition) is 5. The van der Waals surface area contributed by atoms with Gasteiger partial charge in [-0.2, -0.15) is 13.2 Å². The topological polar surface area (TPSA) is 124 Å². The van der Waals surface area contributed by atoms with Gasteiger partial charge >= 0.3 is 12.3 Å². The number of likely N-dealkylation sites (tertiary alicyclic amines) is 2. The molecule has 2 saturated heterocycles. The second kappa shape index (κ2) is 10.1. The molecule has 2 aliphatic rings. The summed E-state index contributed by atoms with van der Waals surface area (Å²) in [4.78, 5) is 36.9. The van der Waals surface area contributed by atoms with Gasteiger partial charge in [0, 0.05) is 25.6 Å². The summed E-state index contributed by atoms with van der Waals surface area (Å²) in [5.74, 6) is -1.21. The summed E-state index contributed by atoms with van der Waals surface area (Å²) in [5, 5.41) is 9.22. The number of carbonyl (C=O) groups is 3. The van der Waals surface area contributed by atoms with Crippen LogP contribution in [-0.4, -0.2) is 66.4 Å². The molecule has 1 atom stereocenters. The number of piperidine rings is 1. The first kappa shape index (κ1) is 26.6. The van der Waals surface area contributed by atoms with E-state index in [1.807, 2.05) is 0 Å². The lowest BCUT2D eigenvalue weighted by molar-refractivity contribution is -0.140. The number of benzene rings is 2. The number of carboxylic acid groups (broad SMARTS) is 1. The molecule has 0 radical (unpaired) electrons. The Labute approximate surface area is 210 Å². The van der Waals surface area contributed by atoms with Gasteiger partial charge in [-0.1, -0.05) is 36.4 Å². The lowest BCUT2D eigenvalue weighted by atomic mass is 10.0. The highest BCUT2D eigenvalue weighted by Crippen LogP contribution is 2.37. The average Bonchev–Trinajstić information content (AvgIpc) is 3.25. The van der Waals surface area contributed by atoms with Gasteiger partial charge in [-0.05, 0) is 42.5 Å². The van der Waals surface area contributed by atoms with Gasteiger partial charge in [0.2, 0.25) is 21.8 Å². The third kappa shape index (κ3) is 5.62. The molecule has 2 aromatic carbocycles. The Balaban J connectivity index is 1.47. The summed E-state index contributed by atoms with van der Waals surface area (Å²) in [6.45, 7) is 0.118. The maximum absolute atomic E-state index is 13.9. The molecule has 2 aromatic rings. The highest BCUT2D eigenvalue weighted by molar-refractivity contribution is 7.89. The fourth-order valence-electron chi connectivity index (χ4n) is 4.66. The second-order valence-electron chi connectivity index (χ2n) is 8.90. The molecule has 13 heteroatoms. The Morgan fingerprint density at radius 2 is 1.62 bits per heavy atom. The van der Waals surface area contributed by atoms with Crippen LogP contribution in [0.25, 0.3) is 11.1 Å². The summed E-state index contributed by atoms with van der Waals surface area (Å²) in [5.41, 5.74) is -0.555. The quantitative estimate of drug-likeness (QED) is 0.601. The Kier molecular flexibility index (Phi) is 7.29. The van der Waals surface area contributed by atoms with E-state index in [9.17, 15) is 41.1 Å². The van der Waals surface area contributed by atoms with E-state index in [4.69, 9.17) is 0 Å². The Hall–Kier alpha value is -3.45. The van der Waals surface area contributed by atoms with Gasteiger partial charge in [-0.15, -0.1) is 0 Å². The van der Waals surface area contributed by atoms with Crippen molar-refractivity contribution in [3.8, 4) is 11.1 Å². The van der Waals surface area contributed by atoms with Crippen LogP contribution in [0.4, 0.5) is 18.0 Å². The number of hydrogen-bond donors (Lipinski definition) is 2. The minimum atomic E-state index is -4.92. The van der Waals surface area contributed by atoms with Gasteiger partial charge in [0.25, 0.3) is 0 Å². The van der Waals surface area contributed by atoms with Crippen molar-refractivity contribution in [2.24, 2.45) is 0 Å². The highest BCUT2D eigenvalue weighted by atomic mass is 32.2. The van der Waals surface area contributed by atoms with Crippen molar-refractivity contribution in [1.82, 2.24) is 14.5 Å². The maximum atomic E-state index is 13.9. The zero-order valence-electron chi connectivity index (χ0n) is 19.4. The van der Waals surface area contributed by atoms with Gasteiger partial charge in [0.15, 0.2) is 0 Å². The number of imide groups is 1. The first-order valence-corrected chi connectivity index (χ1v) is 13.0. The van der Waals surface area contributed by atoms with E-state index in [1.165, 1.54) is 11.0 Å². The van der Waals surface area contributed by atoms with Gasteiger partial charge in [-0.3, -0.25) is 9.59 Å². The van der Waals surface area contributed by atoms with Crippen molar-refractivity contribution in [1.29, 1.82) is 0 Å². The molecule has 0 saturated carbocycles. The fraction of sp³-hybridized carbons (Fsp3) is 0.375. The molecule has 2 N–H and O–H groups in total. The number of amides is 3. The Bertz CT molecular complexity index is 1310. The van der Waals surface area contributed by atoms with E-state index < -0.39 is 56.6 Å². The van der Waals surface area contributed by atoms with E-state index in [-0.39, 0.29) is 44.3 Å². The van der Waals surface area contributed by atoms with E-state index in [0.29, 0.717) is 10.5 Å². The molecule has 0 bridgehead atoms. The standard InChI is InChI=1S/C24H24F3N3O6S/c25-24(26,27)18-14-16(15-4-2-1-3-5-15)6-8-20(18)37(35,36)28-17-10-12-29(13-11-17)22(32)19-7-9-21(31)30(19)23(33)34/h1-6,8,14,17,19,28H,7,9-13H2,(H,33,34)/t19-/m0/s1. The minimum Gasteiger partial charge on any atom is -0.465 e. The third-order valence-corrected chi connectivity index (χ3v) is 8.09. The number of halogens is 3. The SMILES string of the molecule is O=C([C@@H]1CCC(=O)N1C(=O)O)N1CCC(NS(=O)(=O)c2ccc(-c3ccccc3)cc2C(F)(F)F)CC1. The number of nitrogens with zero attached hydrogens (tertiary/aromatic N) is 2. The Morgan fingerprint density at radius 1 is 0.973 bits per heavy atom. The summed E-state index contributed by atoms with van der Waals surface area (Å²) >= 11 is 0. The van der Waals surface area contributed by atoms with Gasteiger partial charge < -0.3 is 10.0 Å². The van der Waals surface area contributed by atoms with Crippen molar-refractivity contribution in [3.63, 3.8) is 0 Å². The van der Waals surface area contributed by atoms with Crippen LogP contribution in [0.1, 0.15) is 31.2 Å². The molecular formula is C24H24F3N3O6S. The fourth-order valence-corrected chi connectivity index (χ4v) is 6.18. The van der Waals surface area contributed by atoms with Crippen molar-refractivity contribution in [2.45, 2.75) is 48.8 Å². The largest absolute Gasteiger partial charge is 0.465 e. The van der Waals surface area contributed by atoms with E-state index in [0.717, 1.165) is 12.1 Å². The second-order valence-corrected chi connectivity index (χ2v) is 10.6. The third-order valence-electron chi connectivity index (χ3n) is 6.51. The number of carbonyl (C=O) groups excluding carboxylic acids is 2. The number of rotatable bonds is 5. The molecule has 9 nitrogen and oxygen atoms in total. The zero-order chi connectivity index (χ0) is 27.0. The summed E-state index contributed by atoms with van der Waals surface area (Å²) in [6, 6.07) is 9.47. The summed E-state index contributed by atoms with van der Waals surface area (Å²) in [7, 11) is -4.56. The highest BCUT2D eigenvalue weighted by Gasteiger charge is 2.43. The van der Waals surface area contributed by atoms with Crippen LogP contribution in [-0.2, 0) is 25.8 Å². The lowest BCUT2D eigenvalue weighted by Crippen LogP contribution is -2.53. The molecule has 3 amide bonds. The molecular weight excluding hydrogens is 515 g/mol. The zero-order valence-corrected chi connectivity index (χ0v) is 20.3. The molecule has 4 rings (SSSR count). The average molecular weight is 540 g/mol. The van der Waals surface area contributed by atoms with E-state index >= 15 is 0 Å². The smallest absolute Gasteiger partial charge is 0.417 e. The molecule has 0 aliphatic carbocycles. The van der Waals surface area contributed by atoms with Crippen LogP contribution in [0.15, 0.2) is 53.4 Å². The molecule has 0 unspecified atom stereocenters. The number of nitrogens with one attached hydrogen (secondary N) is 1. The molecule has 2 fully saturated rings. The minimum absolute atomic E-state index is 0.0588. The van der Waals surface area contributed by atoms with Crippen molar-refractivity contribution in [3.05, 3.63) is 54.1 Å². The van der Waals surface area contributed by atoms with Crippen LogP contribution < -0.4 is 4.72 Å². The first-order chi connectivity index (χ1) is 17.4. The van der Waals surface area contributed by atoms with Crippen LogP contribution in [0.2, 0.25) is 0 Å². The molecule has 198 valence electrons. The lowest BCUT2D eigenvalue weighted by Gasteiger charge is -2.34. The van der Waals surface area contributed by atoms with Crippen molar-refractivity contribution in [2.75, 3.05) is 13.1 Å². The first-order valence-electron chi connectivity index (χ1n) is 11.5. The van der Waals surface area contributed by atoms with Crippen LogP contribution in [0, 0.1) is 0 Å². The normalized spacial score (nSPS) is 19.3. The van der Waals surface area contributed by atoms with Gasteiger partial charge in [0.1, 0.15) is 6.04 Å². The summed E-state index contributed by atoms with van der Waals surface area (Å²) < 4.78 is 69.9. The predicted octanol–water partition coefficient (Wildman–Crippen LogP) is 3.31. The Morgan fingerprint density at radius 3 is 2.22 bits per heavy atom. The molecule has 2 aliphatic heterocycles. The van der Waals surface area contributed by atoms with Gasteiger partial charge in [-0.25, -0.2) is 22.8 Å². The predicted molar refractivity (Wildman–Crippen MR) is 125 cm³/mol. The van der Waals surface area contributed by atoms with Crippen molar-refractivity contribution >= 4 is 27.9 Å². The van der Waals surface area contributed by atoms with Crippen LogP contribution >= 0.6 is 0 Å². The number of sulfonamides is 1. The molecule has 2 heterocycles. The van der Waals surface area contributed by atoms with Crippen molar-refractivity contribution < 1.29 is 41.1 Å². The number of alkyl halides is 3. The monoisotopic (exact) mass is 539 g/mol. The van der Waals surface area contributed by atoms with Crippen LogP contribution in [0.5, 0.6) is 0 Å². The maximum Gasteiger partial charge on any atom is 0.417 e. The molecule has 0 spiro atoms. The van der Waals surface area contributed by atoms with Crippen LogP contribution in [0.3, 0.4) is 0 Å². The molecule has 0 aromatic heterocycles. The van der Waals surface area contributed by atoms with E-state index in [1.54, 1.807) is 30.3 Å².